The molecule has 148 valence electrons. The Balaban J connectivity index is 1.78. The molecule has 0 radical (unpaired) electrons. The lowest BCUT2D eigenvalue weighted by molar-refractivity contribution is -0.129. The molecule has 0 saturated carbocycles. The van der Waals surface area contributed by atoms with Gasteiger partial charge in [0.15, 0.2) is 0 Å². The van der Waals surface area contributed by atoms with E-state index in [0.717, 1.165) is 5.69 Å². The molecule has 0 bridgehead atoms. The topological polar surface area (TPSA) is 52.7 Å². The van der Waals surface area contributed by atoms with Crippen LogP contribution < -0.4 is 10.2 Å². The second-order valence-corrected chi connectivity index (χ2v) is 7.77. The quantitative estimate of drug-likeness (QED) is 0.829. The summed E-state index contributed by atoms with van der Waals surface area (Å²) < 4.78 is 0. The van der Waals surface area contributed by atoms with Gasteiger partial charge in [0.1, 0.15) is 0 Å². The Labute approximate surface area is 171 Å². The Hall–Kier alpha value is -2.53. The lowest BCUT2D eigenvalue weighted by atomic mass is 10.0. The van der Waals surface area contributed by atoms with Crippen molar-refractivity contribution in [2.75, 3.05) is 36.4 Å². The van der Waals surface area contributed by atoms with Crippen LogP contribution in [-0.2, 0) is 4.79 Å². The Bertz CT molecular complexity index is 857. The summed E-state index contributed by atoms with van der Waals surface area (Å²) in [6.45, 7) is 8.47. The zero-order valence-electron chi connectivity index (χ0n) is 16.5. The summed E-state index contributed by atoms with van der Waals surface area (Å²) in [6, 6.07) is 13.2. The zero-order chi connectivity index (χ0) is 20.3. The Morgan fingerprint density at radius 3 is 2.21 bits per heavy atom. The van der Waals surface area contributed by atoms with Crippen molar-refractivity contribution in [3.8, 4) is 0 Å². The molecule has 0 unspecified atom stereocenters. The molecule has 0 spiro atoms. The summed E-state index contributed by atoms with van der Waals surface area (Å²) in [5.41, 5.74) is 3.29. The van der Waals surface area contributed by atoms with Crippen LogP contribution in [0.1, 0.15) is 42.6 Å². The number of benzene rings is 2. The van der Waals surface area contributed by atoms with Gasteiger partial charge in [-0.05, 0) is 35.7 Å². The lowest BCUT2D eigenvalue weighted by Crippen LogP contribution is -2.48. The van der Waals surface area contributed by atoms with Crippen LogP contribution in [0.2, 0.25) is 5.02 Å². The van der Waals surface area contributed by atoms with Crippen molar-refractivity contribution in [1.82, 2.24) is 4.90 Å². The van der Waals surface area contributed by atoms with Crippen LogP contribution in [0.4, 0.5) is 11.4 Å². The van der Waals surface area contributed by atoms with Crippen LogP contribution >= 0.6 is 11.6 Å². The molecule has 3 rings (SSSR count). The highest BCUT2D eigenvalue weighted by Crippen LogP contribution is 2.35. The Kier molecular flexibility index (Phi) is 6.25. The van der Waals surface area contributed by atoms with Gasteiger partial charge < -0.3 is 15.1 Å². The van der Waals surface area contributed by atoms with E-state index in [0.29, 0.717) is 48.4 Å². The second-order valence-electron chi connectivity index (χ2n) is 7.36. The van der Waals surface area contributed by atoms with Crippen LogP contribution in [0, 0.1) is 0 Å². The van der Waals surface area contributed by atoms with E-state index in [9.17, 15) is 9.59 Å². The summed E-state index contributed by atoms with van der Waals surface area (Å²) in [6.07, 6.45) is 0. The highest BCUT2D eigenvalue weighted by molar-refractivity contribution is 6.34. The number of hydrogen-bond donors (Lipinski definition) is 1. The number of para-hydroxylation sites is 1. The molecule has 1 N–H and O–H groups in total. The summed E-state index contributed by atoms with van der Waals surface area (Å²) in [5.74, 6) is 0.337. The third kappa shape index (κ3) is 4.47. The summed E-state index contributed by atoms with van der Waals surface area (Å²) in [4.78, 5) is 28.3. The van der Waals surface area contributed by atoms with Crippen LogP contribution in [0.5, 0.6) is 0 Å². The largest absolute Gasteiger partial charge is 0.365 e. The molecule has 1 fully saturated rings. The first kappa shape index (κ1) is 20.2. The van der Waals surface area contributed by atoms with Crippen molar-refractivity contribution in [2.24, 2.45) is 0 Å². The van der Waals surface area contributed by atoms with Gasteiger partial charge in [-0.3, -0.25) is 9.59 Å². The average Bonchev–Trinajstić information content (AvgIpc) is 2.68. The molecule has 5 nitrogen and oxygen atoms in total. The van der Waals surface area contributed by atoms with Crippen molar-refractivity contribution >= 4 is 34.8 Å². The molecule has 1 saturated heterocycles. The molecule has 1 aliphatic rings. The molecule has 0 atom stereocenters. The van der Waals surface area contributed by atoms with Crippen molar-refractivity contribution in [3.63, 3.8) is 0 Å². The maximum absolute atomic E-state index is 12.8. The first-order valence-corrected chi connectivity index (χ1v) is 9.95. The van der Waals surface area contributed by atoms with E-state index < -0.39 is 0 Å². The van der Waals surface area contributed by atoms with E-state index in [1.165, 1.54) is 5.56 Å². The maximum Gasteiger partial charge on any atom is 0.255 e. The molecule has 2 aromatic carbocycles. The number of anilines is 2. The number of carbonyl (C=O) groups is 2. The molecule has 2 aromatic rings. The average molecular weight is 400 g/mol. The molecule has 0 aliphatic carbocycles. The first-order valence-electron chi connectivity index (χ1n) is 9.57. The van der Waals surface area contributed by atoms with Gasteiger partial charge >= 0.3 is 0 Å². The molecule has 2 amide bonds. The predicted molar refractivity (Wildman–Crippen MR) is 114 cm³/mol. The van der Waals surface area contributed by atoms with Gasteiger partial charge in [-0.25, -0.2) is 0 Å². The highest BCUT2D eigenvalue weighted by Gasteiger charge is 2.23. The number of nitrogens with one attached hydrogen (secondary N) is 1. The van der Waals surface area contributed by atoms with Crippen molar-refractivity contribution in [1.29, 1.82) is 0 Å². The molecule has 6 heteroatoms. The number of hydrogen-bond acceptors (Lipinski definition) is 3. The number of piperazine rings is 1. The normalized spacial score (nSPS) is 14.3. The van der Waals surface area contributed by atoms with E-state index in [4.69, 9.17) is 11.6 Å². The zero-order valence-corrected chi connectivity index (χ0v) is 17.3. The third-order valence-corrected chi connectivity index (χ3v) is 5.42. The second kappa shape index (κ2) is 8.65. The smallest absolute Gasteiger partial charge is 0.255 e. The maximum atomic E-state index is 12.8. The molecule has 1 aliphatic heterocycles. The number of amides is 2. The summed E-state index contributed by atoms with van der Waals surface area (Å²) >= 11 is 6.47. The third-order valence-electron chi connectivity index (χ3n) is 5.12. The summed E-state index contributed by atoms with van der Waals surface area (Å²) in [5, 5.41) is 3.59. The van der Waals surface area contributed by atoms with Gasteiger partial charge in [0.25, 0.3) is 5.91 Å². The van der Waals surface area contributed by atoms with Crippen LogP contribution in [-0.4, -0.2) is 42.9 Å². The first-order chi connectivity index (χ1) is 13.4. The van der Waals surface area contributed by atoms with Gasteiger partial charge in [-0.2, -0.15) is 0 Å². The number of nitrogens with zero attached hydrogens (tertiary/aromatic N) is 2. The number of halogens is 1. The number of rotatable bonds is 4. The minimum absolute atomic E-state index is 0.0807. The van der Waals surface area contributed by atoms with E-state index in [2.05, 4.69) is 24.1 Å². The monoisotopic (exact) mass is 399 g/mol. The van der Waals surface area contributed by atoms with Crippen molar-refractivity contribution in [3.05, 3.63) is 58.6 Å². The van der Waals surface area contributed by atoms with Crippen LogP contribution in [0.3, 0.4) is 0 Å². The van der Waals surface area contributed by atoms with Crippen molar-refractivity contribution in [2.45, 2.75) is 26.7 Å². The summed E-state index contributed by atoms with van der Waals surface area (Å²) in [7, 11) is 0. The molecular weight excluding hydrogens is 374 g/mol. The standard InChI is InChI=1S/C22H26ClN3O2/c1-15(2)17-7-9-18(10-8-17)22(28)24-20-6-4-5-19(23)21(20)26-13-11-25(12-14-26)16(3)27/h4-10,15H,11-14H2,1-3H3,(H,24,28). The van der Waals surface area contributed by atoms with Crippen LogP contribution in [0.15, 0.2) is 42.5 Å². The Morgan fingerprint density at radius 1 is 1.00 bits per heavy atom. The fourth-order valence-electron chi connectivity index (χ4n) is 3.40. The fourth-order valence-corrected chi connectivity index (χ4v) is 3.69. The van der Waals surface area contributed by atoms with E-state index in [1.54, 1.807) is 6.92 Å². The van der Waals surface area contributed by atoms with Crippen molar-refractivity contribution < 1.29 is 9.59 Å². The SMILES string of the molecule is CC(=O)N1CCN(c2c(Cl)cccc2NC(=O)c2ccc(C(C)C)cc2)CC1. The highest BCUT2D eigenvalue weighted by atomic mass is 35.5. The molecule has 0 aromatic heterocycles. The van der Waals surface area contributed by atoms with Gasteiger partial charge in [0.05, 0.1) is 16.4 Å². The van der Waals surface area contributed by atoms with Gasteiger partial charge in [0.2, 0.25) is 5.91 Å². The van der Waals surface area contributed by atoms with E-state index >= 15 is 0 Å². The van der Waals surface area contributed by atoms with Gasteiger partial charge in [0, 0.05) is 38.7 Å². The minimum atomic E-state index is -0.166. The van der Waals surface area contributed by atoms with Gasteiger partial charge in [-0.1, -0.05) is 43.6 Å². The Morgan fingerprint density at radius 2 is 1.64 bits per heavy atom. The number of carbonyl (C=O) groups excluding carboxylic acids is 2. The van der Waals surface area contributed by atoms with Gasteiger partial charge in [-0.15, -0.1) is 0 Å². The molecule has 1 heterocycles. The molecular formula is C22H26ClN3O2. The molecule has 28 heavy (non-hydrogen) atoms. The minimum Gasteiger partial charge on any atom is -0.365 e. The van der Waals surface area contributed by atoms with Crippen LogP contribution in [0.25, 0.3) is 0 Å². The lowest BCUT2D eigenvalue weighted by Gasteiger charge is -2.37. The predicted octanol–water partition coefficient (Wildman–Crippen LogP) is 4.38. The van der Waals surface area contributed by atoms with E-state index in [1.807, 2.05) is 47.4 Å². The fraction of sp³-hybridized carbons (Fsp3) is 0.364. The van der Waals surface area contributed by atoms with E-state index in [-0.39, 0.29) is 11.8 Å².